The van der Waals surface area contributed by atoms with Crippen molar-refractivity contribution in [3.05, 3.63) is 24.3 Å². The molecule has 0 aliphatic heterocycles. The maximum atomic E-state index is 12.0. The van der Waals surface area contributed by atoms with Gasteiger partial charge >= 0.3 is 0 Å². The lowest BCUT2D eigenvalue weighted by atomic mass is 10.2. The molecule has 0 bridgehead atoms. The van der Waals surface area contributed by atoms with E-state index in [0.717, 1.165) is 36.9 Å². The van der Waals surface area contributed by atoms with Crippen LogP contribution >= 0.6 is 15.9 Å². The lowest BCUT2D eigenvalue weighted by Gasteiger charge is -2.24. The highest BCUT2D eigenvalue weighted by molar-refractivity contribution is 9.09. The van der Waals surface area contributed by atoms with Gasteiger partial charge in [-0.15, -0.1) is 0 Å². The van der Waals surface area contributed by atoms with E-state index < -0.39 is 9.84 Å². The Morgan fingerprint density at radius 3 is 2.20 bits per heavy atom. The highest BCUT2D eigenvalue weighted by Gasteiger charge is 2.13. The molecule has 0 saturated heterocycles. The minimum Gasteiger partial charge on any atom is -0.371 e. The number of alkyl halides is 1. The van der Waals surface area contributed by atoms with Gasteiger partial charge in [0.25, 0.3) is 0 Å². The van der Waals surface area contributed by atoms with Gasteiger partial charge in [0.15, 0.2) is 9.84 Å². The van der Waals surface area contributed by atoms with E-state index in [2.05, 4.69) is 27.8 Å². The quantitative estimate of drug-likeness (QED) is 0.626. The predicted octanol–water partition coefficient (Wildman–Crippen LogP) is 3.87. The Hall–Kier alpha value is -0.550. The number of anilines is 1. The Balaban J connectivity index is 2.87. The first kappa shape index (κ1) is 17.5. The molecule has 1 aromatic carbocycles. The van der Waals surface area contributed by atoms with Crippen LogP contribution in [0.4, 0.5) is 5.69 Å². The van der Waals surface area contributed by atoms with Crippen LogP contribution in [0.5, 0.6) is 0 Å². The van der Waals surface area contributed by atoms with E-state index in [4.69, 9.17) is 0 Å². The number of halogens is 1. The number of hydrogen-bond donors (Lipinski definition) is 0. The van der Waals surface area contributed by atoms with Crippen LogP contribution in [0.15, 0.2) is 29.2 Å². The number of rotatable bonds is 9. The first-order chi connectivity index (χ1) is 9.55. The van der Waals surface area contributed by atoms with Crippen LogP contribution in [0.3, 0.4) is 0 Å². The van der Waals surface area contributed by atoms with Gasteiger partial charge in [-0.25, -0.2) is 8.42 Å². The number of nitrogens with zero attached hydrogens (tertiary/aromatic N) is 1. The topological polar surface area (TPSA) is 37.4 Å². The molecule has 0 radical (unpaired) electrons. The standard InChI is InChI=1S/C15H24BrNO2S/c1-3-5-11-17(12-10-16)14-6-8-15(9-7-14)20(18,19)13-4-2/h6-9H,3-5,10-13H2,1-2H3. The fourth-order valence-electron chi connectivity index (χ4n) is 2.07. The number of sulfone groups is 1. The fraction of sp³-hybridized carbons (Fsp3) is 0.600. The Morgan fingerprint density at radius 2 is 1.70 bits per heavy atom. The molecule has 0 saturated carbocycles. The molecule has 0 N–H and O–H groups in total. The number of unbranched alkanes of at least 4 members (excludes halogenated alkanes) is 1. The fourth-order valence-corrected chi connectivity index (χ4v) is 3.82. The van der Waals surface area contributed by atoms with Gasteiger partial charge in [0.1, 0.15) is 0 Å². The third kappa shape index (κ3) is 5.09. The molecule has 1 rings (SSSR count). The Morgan fingerprint density at radius 1 is 1.05 bits per heavy atom. The van der Waals surface area contributed by atoms with E-state index in [9.17, 15) is 8.42 Å². The second kappa shape index (κ2) is 8.67. The molecule has 0 amide bonds. The zero-order valence-corrected chi connectivity index (χ0v) is 14.7. The first-order valence-electron chi connectivity index (χ1n) is 7.19. The summed E-state index contributed by atoms with van der Waals surface area (Å²) in [5.74, 6) is 0.216. The normalized spacial score (nSPS) is 11.6. The molecular formula is C15H24BrNO2S. The molecule has 0 fully saturated rings. The summed E-state index contributed by atoms with van der Waals surface area (Å²) >= 11 is 3.47. The first-order valence-corrected chi connectivity index (χ1v) is 9.96. The molecule has 114 valence electrons. The van der Waals surface area contributed by atoms with Crippen LogP contribution in [0.25, 0.3) is 0 Å². The van der Waals surface area contributed by atoms with Gasteiger partial charge < -0.3 is 4.90 Å². The lowest BCUT2D eigenvalue weighted by molar-refractivity contribution is 0.594. The van der Waals surface area contributed by atoms with E-state index in [0.29, 0.717) is 11.3 Å². The highest BCUT2D eigenvalue weighted by Crippen LogP contribution is 2.20. The van der Waals surface area contributed by atoms with Gasteiger partial charge in [0.2, 0.25) is 0 Å². The van der Waals surface area contributed by atoms with Crippen molar-refractivity contribution >= 4 is 31.5 Å². The van der Waals surface area contributed by atoms with Gasteiger partial charge in [0, 0.05) is 24.1 Å². The average molecular weight is 362 g/mol. The summed E-state index contributed by atoms with van der Waals surface area (Å²) in [6.07, 6.45) is 2.95. The summed E-state index contributed by atoms with van der Waals surface area (Å²) in [7, 11) is -3.11. The largest absolute Gasteiger partial charge is 0.371 e. The molecule has 0 spiro atoms. The van der Waals surface area contributed by atoms with Crippen LogP contribution in [0.2, 0.25) is 0 Å². The SMILES string of the molecule is CCCCN(CCBr)c1ccc(S(=O)(=O)CCC)cc1. The molecule has 0 heterocycles. The molecule has 1 aromatic rings. The van der Waals surface area contributed by atoms with Crippen molar-refractivity contribution in [3.8, 4) is 0 Å². The van der Waals surface area contributed by atoms with Crippen LogP contribution in [0, 0.1) is 0 Å². The zero-order chi connectivity index (χ0) is 15.0. The molecule has 3 nitrogen and oxygen atoms in total. The summed E-state index contributed by atoms with van der Waals surface area (Å²) < 4.78 is 24.0. The van der Waals surface area contributed by atoms with Gasteiger partial charge in [0.05, 0.1) is 10.6 Å². The predicted molar refractivity (Wildman–Crippen MR) is 89.7 cm³/mol. The minimum atomic E-state index is -3.11. The van der Waals surface area contributed by atoms with Crippen LogP contribution in [-0.2, 0) is 9.84 Å². The molecule has 0 unspecified atom stereocenters. The van der Waals surface area contributed by atoms with E-state index >= 15 is 0 Å². The van der Waals surface area contributed by atoms with Crippen molar-refractivity contribution in [3.63, 3.8) is 0 Å². The second-order valence-electron chi connectivity index (χ2n) is 4.84. The summed E-state index contributed by atoms with van der Waals surface area (Å²) in [5.41, 5.74) is 1.09. The van der Waals surface area contributed by atoms with Crippen molar-refractivity contribution in [1.82, 2.24) is 0 Å². The number of hydrogen-bond acceptors (Lipinski definition) is 3. The smallest absolute Gasteiger partial charge is 0.178 e. The van der Waals surface area contributed by atoms with E-state index in [1.54, 1.807) is 12.1 Å². The third-order valence-electron chi connectivity index (χ3n) is 3.17. The van der Waals surface area contributed by atoms with Gasteiger partial charge in [-0.05, 0) is 37.1 Å². The average Bonchev–Trinajstić information content (AvgIpc) is 2.43. The van der Waals surface area contributed by atoms with Crippen molar-refractivity contribution in [2.75, 3.05) is 29.1 Å². The summed E-state index contributed by atoms with van der Waals surface area (Å²) in [4.78, 5) is 2.71. The molecule has 0 atom stereocenters. The van der Waals surface area contributed by atoms with Crippen LogP contribution < -0.4 is 4.90 Å². The van der Waals surface area contributed by atoms with Gasteiger partial charge in [-0.3, -0.25) is 0 Å². The Kier molecular flexibility index (Phi) is 7.59. The van der Waals surface area contributed by atoms with E-state index in [1.165, 1.54) is 0 Å². The maximum absolute atomic E-state index is 12.0. The molecule has 0 aliphatic rings. The zero-order valence-electron chi connectivity index (χ0n) is 12.3. The van der Waals surface area contributed by atoms with Gasteiger partial charge in [-0.2, -0.15) is 0 Å². The van der Waals surface area contributed by atoms with Crippen LogP contribution in [0.1, 0.15) is 33.1 Å². The van der Waals surface area contributed by atoms with Crippen molar-refractivity contribution < 1.29 is 8.42 Å². The minimum absolute atomic E-state index is 0.216. The monoisotopic (exact) mass is 361 g/mol. The van der Waals surface area contributed by atoms with E-state index in [1.807, 2.05) is 19.1 Å². The van der Waals surface area contributed by atoms with Crippen molar-refractivity contribution in [2.24, 2.45) is 0 Å². The summed E-state index contributed by atoms with van der Waals surface area (Å²) in [6, 6.07) is 7.29. The van der Waals surface area contributed by atoms with Gasteiger partial charge in [-0.1, -0.05) is 36.2 Å². The molecule has 5 heteroatoms. The summed E-state index contributed by atoms with van der Waals surface area (Å²) in [6.45, 7) is 5.99. The molecule has 0 aliphatic carbocycles. The lowest BCUT2D eigenvalue weighted by Crippen LogP contribution is -2.26. The van der Waals surface area contributed by atoms with Crippen molar-refractivity contribution in [1.29, 1.82) is 0 Å². The molecular weight excluding hydrogens is 338 g/mol. The summed E-state index contributed by atoms with van der Waals surface area (Å²) in [5, 5.41) is 0.909. The Bertz CT molecular complexity index is 485. The van der Waals surface area contributed by atoms with E-state index in [-0.39, 0.29) is 5.75 Å². The Labute approximate surface area is 131 Å². The highest BCUT2D eigenvalue weighted by atomic mass is 79.9. The second-order valence-corrected chi connectivity index (χ2v) is 7.74. The third-order valence-corrected chi connectivity index (χ3v) is 5.46. The molecule has 20 heavy (non-hydrogen) atoms. The number of benzene rings is 1. The molecule has 0 aromatic heterocycles. The van der Waals surface area contributed by atoms with Crippen LogP contribution in [-0.4, -0.2) is 32.6 Å². The van der Waals surface area contributed by atoms with Crippen molar-refractivity contribution in [2.45, 2.75) is 38.0 Å². The maximum Gasteiger partial charge on any atom is 0.178 e.